The molecule has 5 heteroatoms. The first-order chi connectivity index (χ1) is 9.00. The summed E-state index contributed by atoms with van der Waals surface area (Å²) in [5.41, 5.74) is 1.82. The number of benzene rings is 1. The lowest BCUT2D eigenvalue weighted by molar-refractivity contribution is -0.125. The van der Waals surface area contributed by atoms with Crippen LogP contribution in [-0.4, -0.2) is 38.5 Å². The number of para-hydroxylation sites is 2. The van der Waals surface area contributed by atoms with Crippen molar-refractivity contribution < 1.29 is 9.59 Å². The lowest BCUT2D eigenvalue weighted by Crippen LogP contribution is -2.43. The molecule has 0 spiro atoms. The van der Waals surface area contributed by atoms with Gasteiger partial charge < -0.3 is 15.1 Å². The van der Waals surface area contributed by atoms with Crippen molar-refractivity contribution in [3.05, 3.63) is 24.3 Å². The van der Waals surface area contributed by atoms with Crippen molar-refractivity contribution in [2.75, 3.05) is 30.4 Å². The number of anilines is 2. The fourth-order valence-electron chi connectivity index (χ4n) is 2.24. The second-order valence-corrected chi connectivity index (χ2v) is 4.91. The Hall–Kier alpha value is -2.04. The highest BCUT2D eigenvalue weighted by atomic mass is 16.2. The molecular weight excluding hydrogens is 242 g/mol. The molecule has 2 amide bonds. The first-order valence-electron chi connectivity index (χ1n) is 6.38. The van der Waals surface area contributed by atoms with E-state index in [0.717, 1.165) is 11.4 Å². The number of nitrogens with one attached hydrogen (secondary N) is 1. The van der Waals surface area contributed by atoms with Crippen LogP contribution in [0.2, 0.25) is 0 Å². The summed E-state index contributed by atoms with van der Waals surface area (Å²) in [5, 5.41) is 2.70. The Bertz CT molecular complexity index is 499. The molecule has 0 saturated carbocycles. The first kappa shape index (κ1) is 13.4. The van der Waals surface area contributed by atoms with Crippen LogP contribution in [0.1, 0.15) is 13.3 Å². The Morgan fingerprint density at radius 3 is 2.63 bits per heavy atom. The lowest BCUT2D eigenvalue weighted by Gasteiger charge is -2.27. The van der Waals surface area contributed by atoms with Gasteiger partial charge in [0.2, 0.25) is 11.8 Å². The number of rotatable bonds is 2. The van der Waals surface area contributed by atoms with Gasteiger partial charge in [-0.1, -0.05) is 12.1 Å². The van der Waals surface area contributed by atoms with Gasteiger partial charge in [0.15, 0.2) is 0 Å². The van der Waals surface area contributed by atoms with E-state index in [-0.39, 0.29) is 11.8 Å². The molecule has 1 aliphatic rings. The molecule has 1 heterocycles. The van der Waals surface area contributed by atoms with Crippen LogP contribution in [0, 0.1) is 0 Å². The Labute approximate surface area is 113 Å². The molecule has 1 aliphatic heterocycles. The molecule has 1 saturated heterocycles. The van der Waals surface area contributed by atoms with Gasteiger partial charge in [0.25, 0.3) is 0 Å². The highest BCUT2D eigenvalue weighted by Crippen LogP contribution is 2.29. The number of nitrogens with zero attached hydrogens (tertiary/aromatic N) is 2. The fourth-order valence-corrected chi connectivity index (χ4v) is 2.24. The zero-order valence-corrected chi connectivity index (χ0v) is 11.5. The minimum Gasteiger partial charge on any atom is -0.376 e. The van der Waals surface area contributed by atoms with Crippen LogP contribution in [0.4, 0.5) is 11.4 Å². The average Bonchev–Trinajstić information content (AvgIpc) is 2.50. The quantitative estimate of drug-likeness (QED) is 0.864. The lowest BCUT2D eigenvalue weighted by atomic mass is 10.2. The largest absolute Gasteiger partial charge is 0.376 e. The molecule has 1 fully saturated rings. The van der Waals surface area contributed by atoms with Gasteiger partial charge in [0, 0.05) is 27.1 Å². The molecule has 5 nitrogen and oxygen atoms in total. The van der Waals surface area contributed by atoms with Gasteiger partial charge in [0.05, 0.1) is 11.4 Å². The molecule has 19 heavy (non-hydrogen) atoms. The van der Waals surface area contributed by atoms with Crippen LogP contribution >= 0.6 is 0 Å². The number of hydrogen-bond acceptors (Lipinski definition) is 3. The van der Waals surface area contributed by atoms with Gasteiger partial charge in [-0.15, -0.1) is 0 Å². The van der Waals surface area contributed by atoms with Crippen LogP contribution < -0.4 is 15.1 Å². The third-order valence-electron chi connectivity index (χ3n) is 3.23. The van der Waals surface area contributed by atoms with Crippen molar-refractivity contribution in [3.8, 4) is 0 Å². The van der Waals surface area contributed by atoms with Crippen molar-refractivity contribution in [2.24, 2.45) is 0 Å². The maximum atomic E-state index is 12.4. The van der Waals surface area contributed by atoms with Gasteiger partial charge in [0.1, 0.15) is 6.04 Å². The second kappa shape index (κ2) is 5.30. The van der Waals surface area contributed by atoms with Crippen molar-refractivity contribution in [1.29, 1.82) is 0 Å². The summed E-state index contributed by atoms with van der Waals surface area (Å²) < 4.78 is 0. The predicted octanol–water partition coefficient (Wildman–Crippen LogP) is 0.994. The third kappa shape index (κ3) is 2.70. The van der Waals surface area contributed by atoms with E-state index in [4.69, 9.17) is 0 Å². The predicted molar refractivity (Wildman–Crippen MR) is 75.3 cm³/mol. The average molecular weight is 261 g/mol. The summed E-state index contributed by atoms with van der Waals surface area (Å²) in [6.07, 6.45) is 0.331. The zero-order chi connectivity index (χ0) is 14.0. The zero-order valence-electron chi connectivity index (χ0n) is 11.5. The van der Waals surface area contributed by atoms with Crippen LogP contribution in [-0.2, 0) is 9.59 Å². The molecule has 0 bridgehead atoms. The standard InChI is InChI=1S/C14H19N3O2/c1-10-14(19)17(9-8-13(18)15-10)12-7-5-4-6-11(12)16(2)3/h4-7,10H,8-9H2,1-3H3,(H,15,18). The molecular formula is C14H19N3O2. The van der Waals surface area contributed by atoms with E-state index >= 15 is 0 Å². The summed E-state index contributed by atoms with van der Waals surface area (Å²) in [4.78, 5) is 27.6. The number of carbonyl (C=O) groups is 2. The SMILES string of the molecule is CC1NC(=O)CCN(c2ccccc2N(C)C)C1=O. The molecule has 1 atom stereocenters. The molecule has 1 N–H and O–H groups in total. The van der Waals surface area contributed by atoms with Crippen molar-refractivity contribution in [3.63, 3.8) is 0 Å². The van der Waals surface area contributed by atoms with Crippen molar-refractivity contribution in [1.82, 2.24) is 5.32 Å². The number of carbonyl (C=O) groups excluding carboxylic acids is 2. The Morgan fingerprint density at radius 2 is 1.95 bits per heavy atom. The molecule has 0 aromatic heterocycles. The highest BCUT2D eigenvalue weighted by Gasteiger charge is 2.28. The topological polar surface area (TPSA) is 52.7 Å². The molecule has 1 unspecified atom stereocenters. The third-order valence-corrected chi connectivity index (χ3v) is 3.23. The van der Waals surface area contributed by atoms with E-state index < -0.39 is 6.04 Å². The van der Waals surface area contributed by atoms with Gasteiger partial charge in [-0.3, -0.25) is 9.59 Å². The van der Waals surface area contributed by atoms with E-state index in [1.165, 1.54) is 0 Å². The highest BCUT2D eigenvalue weighted by molar-refractivity contribution is 6.03. The summed E-state index contributed by atoms with van der Waals surface area (Å²) in [7, 11) is 3.88. The molecule has 0 aliphatic carbocycles. The monoisotopic (exact) mass is 261 g/mol. The normalized spacial score (nSPS) is 19.9. The van der Waals surface area contributed by atoms with Crippen molar-refractivity contribution in [2.45, 2.75) is 19.4 Å². The number of hydrogen-bond donors (Lipinski definition) is 1. The van der Waals surface area contributed by atoms with Crippen LogP contribution in [0.3, 0.4) is 0 Å². The van der Waals surface area contributed by atoms with Gasteiger partial charge in [-0.2, -0.15) is 0 Å². The van der Waals surface area contributed by atoms with E-state index in [9.17, 15) is 9.59 Å². The fraction of sp³-hybridized carbons (Fsp3) is 0.429. The summed E-state index contributed by atoms with van der Waals surface area (Å²) in [6.45, 7) is 2.14. The first-order valence-corrected chi connectivity index (χ1v) is 6.38. The minimum absolute atomic E-state index is 0.0693. The Kier molecular flexibility index (Phi) is 3.74. The van der Waals surface area contributed by atoms with Gasteiger partial charge >= 0.3 is 0 Å². The molecule has 1 aromatic rings. The van der Waals surface area contributed by atoms with Gasteiger partial charge in [-0.05, 0) is 19.1 Å². The maximum Gasteiger partial charge on any atom is 0.249 e. The van der Waals surface area contributed by atoms with E-state index in [1.807, 2.05) is 43.3 Å². The summed E-state index contributed by atoms with van der Waals surface area (Å²) in [6, 6.07) is 7.24. The Balaban J connectivity index is 2.39. The molecule has 2 rings (SSSR count). The Morgan fingerprint density at radius 1 is 1.26 bits per heavy atom. The van der Waals surface area contributed by atoms with Crippen LogP contribution in [0.15, 0.2) is 24.3 Å². The van der Waals surface area contributed by atoms with E-state index in [2.05, 4.69) is 5.32 Å². The van der Waals surface area contributed by atoms with Crippen LogP contribution in [0.25, 0.3) is 0 Å². The number of amides is 2. The minimum atomic E-state index is -0.481. The van der Waals surface area contributed by atoms with Crippen LogP contribution in [0.5, 0.6) is 0 Å². The van der Waals surface area contributed by atoms with Gasteiger partial charge in [-0.25, -0.2) is 0 Å². The van der Waals surface area contributed by atoms with E-state index in [1.54, 1.807) is 11.8 Å². The maximum absolute atomic E-state index is 12.4. The smallest absolute Gasteiger partial charge is 0.249 e. The van der Waals surface area contributed by atoms with E-state index in [0.29, 0.717) is 13.0 Å². The molecule has 1 aromatic carbocycles. The van der Waals surface area contributed by atoms with Crippen molar-refractivity contribution >= 4 is 23.2 Å². The molecule has 0 radical (unpaired) electrons. The summed E-state index contributed by atoms with van der Waals surface area (Å²) >= 11 is 0. The summed E-state index contributed by atoms with van der Waals surface area (Å²) in [5.74, 6) is -0.147. The second-order valence-electron chi connectivity index (χ2n) is 4.91. The molecule has 102 valence electrons.